The van der Waals surface area contributed by atoms with Crippen molar-refractivity contribution >= 4 is 14.3 Å². The molecule has 1 fully saturated rings. The molecular formula is C29H42N2O3Si. The van der Waals surface area contributed by atoms with Crippen LogP contribution < -0.4 is 4.43 Å². The Bertz CT molecular complexity index is 1030. The third-order valence-electron chi connectivity index (χ3n) is 7.68. The second-order valence-corrected chi connectivity index (χ2v) is 16.1. The normalized spacial score (nSPS) is 20.9. The fourth-order valence-corrected chi connectivity index (χ4v) is 5.61. The van der Waals surface area contributed by atoms with Crippen molar-refractivity contribution in [1.29, 1.82) is 0 Å². The van der Waals surface area contributed by atoms with Gasteiger partial charge < -0.3 is 9.53 Å². The van der Waals surface area contributed by atoms with Crippen LogP contribution in [0, 0.1) is 0 Å². The maximum Gasteiger partial charge on any atom is 0.335 e. The molecule has 35 heavy (non-hydrogen) atoms. The minimum Gasteiger partial charge on any atom is -0.543 e. The summed E-state index contributed by atoms with van der Waals surface area (Å²) in [5.74, 6) is 0.00476. The van der Waals surface area contributed by atoms with Crippen LogP contribution in [0.2, 0.25) is 18.1 Å². The van der Waals surface area contributed by atoms with Crippen LogP contribution in [0.4, 0.5) is 0 Å². The molecule has 190 valence electrons. The van der Waals surface area contributed by atoms with Crippen LogP contribution in [0.5, 0.6) is 5.75 Å². The quantitative estimate of drug-likeness (QED) is 0.338. The molecule has 0 aliphatic carbocycles. The zero-order valence-electron chi connectivity index (χ0n) is 22.4. The van der Waals surface area contributed by atoms with Crippen molar-refractivity contribution in [1.82, 2.24) is 9.80 Å². The van der Waals surface area contributed by atoms with Gasteiger partial charge in [-0.15, -0.1) is 6.58 Å². The summed E-state index contributed by atoms with van der Waals surface area (Å²) in [6.07, 6.45) is 1.97. The van der Waals surface area contributed by atoms with Crippen LogP contribution in [0.3, 0.4) is 0 Å². The first-order valence-corrected chi connectivity index (χ1v) is 15.5. The summed E-state index contributed by atoms with van der Waals surface area (Å²) in [6, 6.07) is 16.5. The van der Waals surface area contributed by atoms with Gasteiger partial charge in [0.1, 0.15) is 5.75 Å². The summed E-state index contributed by atoms with van der Waals surface area (Å²) >= 11 is 0. The molecule has 3 rings (SSSR count). The summed E-state index contributed by atoms with van der Waals surface area (Å²) in [5, 5.41) is 9.52. The first-order chi connectivity index (χ1) is 16.3. The van der Waals surface area contributed by atoms with Gasteiger partial charge in [0.2, 0.25) is 8.32 Å². The minimum atomic E-state index is -1.98. The van der Waals surface area contributed by atoms with E-state index in [-0.39, 0.29) is 11.1 Å². The molecule has 2 aromatic rings. The molecule has 0 bridgehead atoms. The fraction of sp³-hybridized carbons (Fsp3) is 0.483. The molecule has 1 aliphatic heterocycles. The summed E-state index contributed by atoms with van der Waals surface area (Å²) in [5.41, 5.74) is 2.57. The SMILES string of the molecule is C=CCN1C[C@H](C)N([C@H](c2ccc(C(=O)O)cc2)c2cccc(O[Si](C)(C)C(C)(C)C)c2)C[C@@H]1C. The van der Waals surface area contributed by atoms with Crippen molar-refractivity contribution in [2.45, 2.75) is 70.9 Å². The first-order valence-electron chi connectivity index (χ1n) is 12.6. The average Bonchev–Trinajstić information content (AvgIpc) is 2.77. The highest BCUT2D eigenvalue weighted by Crippen LogP contribution is 2.39. The number of hydrogen-bond donors (Lipinski definition) is 1. The maximum atomic E-state index is 11.5. The Kier molecular flexibility index (Phi) is 8.30. The second-order valence-electron chi connectivity index (χ2n) is 11.4. The van der Waals surface area contributed by atoms with Gasteiger partial charge in [-0.3, -0.25) is 9.80 Å². The fourth-order valence-electron chi connectivity index (χ4n) is 4.58. The second kappa shape index (κ2) is 10.7. The topological polar surface area (TPSA) is 53.0 Å². The van der Waals surface area contributed by atoms with Gasteiger partial charge in [0.25, 0.3) is 0 Å². The third kappa shape index (κ3) is 6.24. The van der Waals surface area contributed by atoms with E-state index in [0.29, 0.717) is 17.6 Å². The largest absolute Gasteiger partial charge is 0.543 e. The molecular weight excluding hydrogens is 452 g/mol. The zero-order valence-corrected chi connectivity index (χ0v) is 23.4. The Hall–Kier alpha value is -2.41. The predicted octanol–water partition coefficient (Wildman–Crippen LogP) is 6.44. The van der Waals surface area contributed by atoms with E-state index in [0.717, 1.165) is 30.9 Å². The number of benzene rings is 2. The van der Waals surface area contributed by atoms with Crippen molar-refractivity contribution < 1.29 is 14.3 Å². The lowest BCUT2D eigenvalue weighted by Crippen LogP contribution is -2.57. The molecule has 3 atom stereocenters. The molecule has 5 nitrogen and oxygen atoms in total. The van der Waals surface area contributed by atoms with E-state index in [1.807, 2.05) is 18.2 Å². The lowest BCUT2D eigenvalue weighted by molar-refractivity contribution is 0.0306. The van der Waals surface area contributed by atoms with E-state index in [4.69, 9.17) is 4.43 Å². The lowest BCUT2D eigenvalue weighted by atomic mass is 9.93. The molecule has 0 radical (unpaired) electrons. The number of rotatable bonds is 8. The van der Waals surface area contributed by atoms with Crippen molar-refractivity contribution in [2.75, 3.05) is 19.6 Å². The number of carbonyl (C=O) groups is 1. The van der Waals surface area contributed by atoms with Crippen molar-refractivity contribution in [3.05, 3.63) is 77.9 Å². The molecule has 1 heterocycles. The Morgan fingerprint density at radius 1 is 1.11 bits per heavy atom. The number of hydrogen-bond acceptors (Lipinski definition) is 4. The third-order valence-corrected chi connectivity index (χ3v) is 12.0. The van der Waals surface area contributed by atoms with E-state index < -0.39 is 14.3 Å². The van der Waals surface area contributed by atoms with Crippen LogP contribution >= 0.6 is 0 Å². The van der Waals surface area contributed by atoms with Gasteiger partial charge in [-0.2, -0.15) is 0 Å². The lowest BCUT2D eigenvalue weighted by Gasteiger charge is -2.47. The van der Waals surface area contributed by atoms with Gasteiger partial charge in [0, 0.05) is 31.7 Å². The van der Waals surface area contributed by atoms with E-state index in [9.17, 15) is 9.90 Å². The van der Waals surface area contributed by atoms with Crippen LogP contribution in [0.1, 0.15) is 62.1 Å². The Morgan fingerprint density at radius 2 is 1.77 bits per heavy atom. The average molecular weight is 495 g/mol. The van der Waals surface area contributed by atoms with E-state index >= 15 is 0 Å². The Balaban J connectivity index is 2.02. The highest BCUT2D eigenvalue weighted by atomic mass is 28.4. The van der Waals surface area contributed by atoms with Gasteiger partial charge in [-0.25, -0.2) is 4.79 Å². The van der Waals surface area contributed by atoms with Gasteiger partial charge in [0.05, 0.1) is 11.6 Å². The van der Waals surface area contributed by atoms with Gasteiger partial charge in [-0.05, 0) is 67.4 Å². The molecule has 1 N–H and O–H groups in total. The molecule has 0 amide bonds. The smallest absolute Gasteiger partial charge is 0.335 e. The first kappa shape index (κ1) is 27.2. The summed E-state index contributed by atoms with van der Waals surface area (Å²) in [4.78, 5) is 16.5. The molecule has 1 aliphatic rings. The highest BCUT2D eigenvalue weighted by molar-refractivity contribution is 6.74. The van der Waals surface area contributed by atoms with Crippen molar-refractivity contribution in [3.63, 3.8) is 0 Å². The predicted molar refractivity (Wildman–Crippen MR) is 147 cm³/mol. The Labute approximate surface area is 212 Å². The molecule has 0 saturated carbocycles. The Morgan fingerprint density at radius 3 is 2.34 bits per heavy atom. The maximum absolute atomic E-state index is 11.5. The van der Waals surface area contributed by atoms with Crippen molar-refractivity contribution in [3.8, 4) is 5.75 Å². The summed E-state index contributed by atoms with van der Waals surface area (Å²) in [7, 11) is -1.98. The van der Waals surface area contributed by atoms with Crippen LogP contribution in [-0.4, -0.2) is 60.9 Å². The molecule has 6 heteroatoms. The van der Waals surface area contributed by atoms with Gasteiger partial charge >= 0.3 is 5.97 Å². The molecule has 0 unspecified atom stereocenters. The van der Waals surface area contributed by atoms with E-state index in [1.54, 1.807) is 12.1 Å². The van der Waals surface area contributed by atoms with Crippen LogP contribution in [0.15, 0.2) is 61.2 Å². The van der Waals surface area contributed by atoms with Crippen LogP contribution in [0.25, 0.3) is 0 Å². The zero-order chi connectivity index (χ0) is 26.0. The number of aromatic carboxylic acids is 1. The van der Waals surface area contributed by atoms with Crippen molar-refractivity contribution in [2.24, 2.45) is 0 Å². The molecule has 0 spiro atoms. The molecule has 0 aromatic heterocycles. The number of carboxylic acids is 1. The van der Waals surface area contributed by atoms with Crippen LogP contribution in [-0.2, 0) is 0 Å². The summed E-state index contributed by atoms with van der Waals surface area (Å²) < 4.78 is 6.65. The number of piperazine rings is 1. The molecule has 2 aromatic carbocycles. The van der Waals surface area contributed by atoms with E-state index in [1.165, 1.54) is 5.56 Å². The van der Waals surface area contributed by atoms with Gasteiger partial charge in [0.15, 0.2) is 0 Å². The minimum absolute atomic E-state index is 0.00383. The van der Waals surface area contributed by atoms with E-state index in [2.05, 4.69) is 88.4 Å². The summed E-state index contributed by atoms with van der Waals surface area (Å²) in [6.45, 7) is 22.5. The number of carboxylic acid groups (broad SMARTS) is 1. The van der Waals surface area contributed by atoms with Gasteiger partial charge in [-0.1, -0.05) is 51.1 Å². The highest BCUT2D eigenvalue weighted by Gasteiger charge is 2.39. The monoisotopic (exact) mass is 494 g/mol. The standard InChI is InChI=1S/C29H42N2O3Si/c1-9-17-30-19-22(3)31(20-21(30)2)27(23-13-15-24(16-14-23)28(32)33)25-11-10-12-26(18-25)34-35(7,8)29(4,5)6/h9-16,18,21-22,27H,1,17,19-20H2,2-8H3,(H,32,33)/t21-,22-,27+/m0/s1. The number of nitrogens with zero attached hydrogens (tertiary/aromatic N) is 2. The molecule has 1 saturated heterocycles.